The molecule has 0 bridgehead atoms. The van der Waals surface area contributed by atoms with E-state index >= 15 is 0 Å². The van der Waals surface area contributed by atoms with Gasteiger partial charge in [-0.15, -0.1) is 11.3 Å². The summed E-state index contributed by atoms with van der Waals surface area (Å²) in [6.45, 7) is 1.70. The van der Waals surface area contributed by atoms with E-state index in [2.05, 4.69) is 5.32 Å². The second-order valence-corrected chi connectivity index (χ2v) is 8.26. The predicted molar refractivity (Wildman–Crippen MR) is 130 cm³/mol. The number of nitrogens with one attached hydrogen (secondary N) is 2. The lowest BCUT2D eigenvalue weighted by Gasteiger charge is -2.19. The average Bonchev–Trinajstić information content (AvgIpc) is 3.33. The van der Waals surface area contributed by atoms with Gasteiger partial charge in [-0.2, -0.15) is 0 Å². The zero-order valence-corrected chi connectivity index (χ0v) is 18.0. The molecule has 2 heterocycles. The van der Waals surface area contributed by atoms with Gasteiger partial charge in [0.1, 0.15) is 0 Å². The fourth-order valence-electron chi connectivity index (χ4n) is 3.54. The quantitative estimate of drug-likeness (QED) is 0.228. The first-order chi connectivity index (χ1) is 15.1. The van der Waals surface area contributed by atoms with Crippen molar-refractivity contribution < 1.29 is 5.11 Å². The number of hydrogen-bond donors (Lipinski definition) is 4. The lowest BCUT2D eigenvalue weighted by Crippen LogP contribution is -2.15. The maximum Gasteiger partial charge on any atom is 0.0881 e. The zero-order valence-electron chi connectivity index (χ0n) is 17.2. The molecule has 4 rings (SSSR count). The van der Waals surface area contributed by atoms with E-state index < -0.39 is 0 Å². The number of rotatable bonds is 7. The van der Waals surface area contributed by atoms with Crippen molar-refractivity contribution in [2.45, 2.75) is 13.0 Å². The Labute approximate surface area is 185 Å². The summed E-state index contributed by atoms with van der Waals surface area (Å²) < 4.78 is 0. The Balaban J connectivity index is 1.79. The standard InChI is InChI=1S/C25H24N4OS/c1-16(26)20-12-18(9-10-22(20)27)21-13-19(14-28-25(21)24-8-5-11-31-24)29-23(15-30)17-6-3-2-4-7-17/h2-14,23,26,29-30H,15,27H2,1H3. The minimum atomic E-state index is -0.241. The highest BCUT2D eigenvalue weighted by molar-refractivity contribution is 7.13. The van der Waals surface area contributed by atoms with E-state index in [9.17, 15) is 5.11 Å². The largest absolute Gasteiger partial charge is 0.398 e. The van der Waals surface area contributed by atoms with Crippen molar-refractivity contribution in [2.24, 2.45) is 0 Å². The van der Waals surface area contributed by atoms with Crippen LogP contribution in [0.1, 0.15) is 24.1 Å². The summed E-state index contributed by atoms with van der Waals surface area (Å²) in [5, 5.41) is 23.4. The van der Waals surface area contributed by atoms with Crippen molar-refractivity contribution in [2.75, 3.05) is 17.7 Å². The molecule has 1 atom stereocenters. The molecule has 0 saturated heterocycles. The van der Waals surface area contributed by atoms with Crippen molar-refractivity contribution in [3.05, 3.63) is 89.4 Å². The molecular formula is C25H24N4OS. The molecular weight excluding hydrogens is 404 g/mol. The molecule has 5 N–H and O–H groups in total. The maximum atomic E-state index is 9.94. The summed E-state index contributed by atoms with van der Waals surface area (Å²) in [7, 11) is 0. The summed E-state index contributed by atoms with van der Waals surface area (Å²) >= 11 is 1.63. The minimum Gasteiger partial charge on any atom is -0.398 e. The predicted octanol–water partition coefficient (Wildman–Crippen LogP) is 5.59. The van der Waals surface area contributed by atoms with Crippen molar-refractivity contribution >= 4 is 28.4 Å². The highest BCUT2D eigenvalue weighted by atomic mass is 32.1. The molecule has 0 spiro atoms. The molecule has 0 radical (unpaired) electrons. The number of nitrogens with zero attached hydrogens (tertiary/aromatic N) is 1. The number of hydrogen-bond acceptors (Lipinski definition) is 6. The van der Waals surface area contributed by atoms with Gasteiger partial charge in [0.25, 0.3) is 0 Å². The molecule has 5 nitrogen and oxygen atoms in total. The summed E-state index contributed by atoms with van der Waals surface area (Å²) in [6, 6.07) is 21.4. The van der Waals surface area contributed by atoms with Crippen LogP contribution in [0.5, 0.6) is 0 Å². The molecule has 0 aliphatic carbocycles. The van der Waals surface area contributed by atoms with Gasteiger partial charge in [-0.05, 0) is 47.7 Å². The van der Waals surface area contributed by atoms with Gasteiger partial charge >= 0.3 is 0 Å². The number of thiophene rings is 1. The molecule has 2 aromatic heterocycles. The molecule has 2 aromatic carbocycles. The lowest BCUT2D eigenvalue weighted by atomic mass is 9.97. The number of pyridine rings is 1. The van der Waals surface area contributed by atoms with Crippen LogP contribution in [0, 0.1) is 5.41 Å². The van der Waals surface area contributed by atoms with E-state index in [4.69, 9.17) is 16.1 Å². The fourth-order valence-corrected chi connectivity index (χ4v) is 4.28. The van der Waals surface area contributed by atoms with Crippen LogP contribution in [-0.2, 0) is 0 Å². The third-order valence-electron chi connectivity index (χ3n) is 5.14. The summed E-state index contributed by atoms with van der Waals surface area (Å²) in [4.78, 5) is 5.82. The molecule has 0 aliphatic rings. The van der Waals surface area contributed by atoms with E-state index in [0.717, 1.165) is 32.9 Å². The summed E-state index contributed by atoms with van der Waals surface area (Å²) in [5.41, 5.74) is 12.4. The highest BCUT2D eigenvalue weighted by Crippen LogP contribution is 2.36. The van der Waals surface area contributed by atoms with Crippen molar-refractivity contribution in [1.82, 2.24) is 4.98 Å². The van der Waals surface area contributed by atoms with Gasteiger partial charge in [0, 0.05) is 22.5 Å². The molecule has 0 aliphatic heterocycles. The Morgan fingerprint density at radius 2 is 1.94 bits per heavy atom. The molecule has 1 unspecified atom stereocenters. The van der Waals surface area contributed by atoms with Crippen LogP contribution >= 0.6 is 11.3 Å². The van der Waals surface area contributed by atoms with E-state index in [0.29, 0.717) is 17.0 Å². The van der Waals surface area contributed by atoms with E-state index in [1.54, 1.807) is 24.5 Å². The van der Waals surface area contributed by atoms with Gasteiger partial charge in [0.2, 0.25) is 0 Å². The molecule has 4 aromatic rings. The number of aromatic nitrogens is 1. The molecule has 0 saturated carbocycles. The van der Waals surface area contributed by atoms with Gasteiger partial charge in [-0.3, -0.25) is 4.98 Å². The zero-order chi connectivity index (χ0) is 21.8. The second kappa shape index (κ2) is 9.12. The van der Waals surface area contributed by atoms with Crippen LogP contribution in [0.2, 0.25) is 0 Å². The van der Waals surface area contributed by atoms with Crippen molar-refractivity contribution in [3.8, 4) is 21.7 Å². The summed E-state index contributed by atoms with van der Waals surface area (Å²) in [6.07, 6.45) is 1.80. The van der Waals surface area contributed by atoms with E-state index in [1.165, 1.54) is 0 Å². The Morgan fingerprint density at radius 1 is 1.13 bits per heavy atom. The van der Waals surface area contributed by atoms with Crippen molar-refractivity contribution in [1.29, 1.82) is 5.41 Å². The topological polar surface area (TPSA) is 95.0 Å². The third-order valence-corrected chi connectivity index (χ3v) is 6.01. The van der Waals surface area contributed by atoms with Crippen LogP contribution in [0.25, 0.3) is 21.7 Å². The van der Waals surface area contributed by atoms with Crippen LogP contribution in [0.3, 0.4) is 0 Å². The molecule has 0 fully saturated rings. The third kappa shape index (κ3) is 4.50. The van der Waals surface area contributed by atoms with Crippen LogP contribution in [0.15, 0.2) is 78.3 Å². The van der Waals surface area contributed by atoms with E-state index in [1.807, 2.05) is 72.1 Å². The number of benzene rings is 2. The number of nitrogens with two attached hydrogens (primary N) is 1. The maximum absolute atomic E-state index is 9.94. The van der Waals surface area contributed by atoms with Gasteiger partial charge in [-0.25, -0.2) is 0 Å². The Hall–Kier alpha value is -3.48. The molecule has 156 valence electrons. The minimum absolute atomic E-state index is 0.0367. The van der Waals surface area contributed by atoms with Crippen LogP contribution < -0.4 is 11.1 Å². The smallest absolute Gasteiger partial charge is 0.0881 e. The normalized spacial score (nSPS) is 11.8. The monoisotopic (exact) mass is 428 g/mol. The lowest BCUT2D eigenvalue weighted by molar-refractivity contribution is 0.276. The SMILES string of the molecule is CC(=N)c1cc(-c2cc(NC(CO)c3ccccc3)cnc2-c2cccs2)ccc1N. The first kappa shape index (κ1) is 20.8. The Kier molecular flexibility index (Phi) is 6.11. The van der Waals surface area contributed by atoms with Gasteiger partial charge in [0.15, 0.2) is 0 Å². The number of aliphatic hydroxyl groups is 1. The molecule has 0 amide bonds. The Morgan fingerprint density at radius 3 is 2.61 bits per heavy atom. The van der Waals surface area contributed by atoms with Crippen LogP contribution in [-0.4, -0.2) is 22.4 Å². The number of aliphatic hydroxyl groups excluding tert-OH is 1. The first-order valence-electron chi connectivity index (χ1n) is 9.98. The average molecular weight is 429 g/mol. The fraction of sp³-hybridized carbons (Fsp3) is 0.120. The van der Waals surface area contributed by atoms with Crippen molar-refractivity contribution in [3.63, 3.8) is 0 Å². The highest BCUT2D eigenvalue weighted by Gasteiger charge is 2.16. The Bertz CT molecular complexity index is 1190. The summed E-state index contributed by atoms with van der Waals surface area (Å²) in [5.74, 6) is 0. The molecule has 6 heteroatoms. The second-order valence-electron chi connectivity index (χ2n) is 7.31. The number of nitrogen functional groups attached to an aromatic ring is 1. The van der Waals surface area contributed by atoms with Gasteiger partial charge < -0.3 is 21.6 Å². The van der Waals surface area contributed by atoms with Gasteiger partial charge in [0.05, 0.1) is 35.1 Å². The number of anilines is 2. The van der Waals surface area contributed by atoms with Crippen LogP contribution in [0.4, 0.5) is 11.4 Å². The van der Waals surface area contributed by atoms with Gasteiger partial charge in [-0.1, -0.05) is 42.5 Å². The van der Waals surface area contributed by atoms with E-state index in [-0.39, 0.29) is 12.6 Å². The first-order valence-corrected chi connectivity index (χ1v) is 10.9. The molecule has 31 heavy (non-hydrogen) atoms.